The maximum Gasteiger partial charge on any atom is 0.267 e. The molecule has 2 aromatic carbocycles. The molecular formula is C18H15ClN2O4S2. The summed E-state index contributed by atoms with van der Waals surface area (Å²) in [4.78, 5) is 17.0. The fourth-order valence-electron chi connectivity index (χ4n) is 2.30. The Bertz CT molecular complexity index is 1110. The summed E-state index contributed by atoms with van der Waals surface area (Å²) < 4.78 is 24.0. The van der Waals surface area contributed by atoms with E-state index in [1.165, 1.54) is 31.3 Å². The van der Waals surface area contributed by atoms with Gasteiger partial charge in [-0.2, -0.15) is 0 Å². The lowest BCUT2D eigenvalue weighted by Crippen LogP contribution is -2.11. The van der Waals surface area contributed by atoms with E-state index in [-0.39, 0.29) is 22.1 Å². The van der Waals surface area contributed by atoms with Crippen molar-refractivity contribution < 1.29 is 18.3 Å². The van der Waals surface area contributed by atoms with Crippen molar-refractivity contribution in [2.75, 3.05) is 11.1 Å². The molecule has 0 aliphatic heterocycles. The third kappa shape index (κ3) is 4.13. The molecule has 0 saturated heterocycles. The van der Waals surface area contributed by atoms with Crippen molar-refractivity contribution in [2.24, 2.45) is 0 Å². The first kappa shape index (κ1) is 19.3. The Morgan fingerprint density at radius 2 is 2.00 bits per heavy atom. The average molecular weight is 423 g/mol. The lowest BCUT2D eigenvalue weighted by Gasteiger charge is -2.08. The Labute approximate surface area is 165 Å². The zero-order valence-corrected chi connectivity index (χ0v) is 16.5. The predicted molar refractivity (Wildman–Crippen MR) is 106 cm³/mol. The summed E-state index contributed by atoms with van der Waals surface area (Å²) in [6.45, 7) is 1.52. The molecule has 0 radical (unpaired) electrons. The quantitative estimate of drug-likeness (QED) is 0.600. The van der Waals surface area contributed by atoms with E-state index in [0.717, 1.165) is 11.3 Å². The van der Waals surface area contributed by atoms with Gasteiger partial charge in [0.2, 0.25) is 0 Å². The number of thiazole rings is 1. The van der Waals surface area contributed by atoms with Crippen molar-refractivity contribution in [3.63, 3.8) is 0 Å². The number of aromatic nitrogens is 1. The molecule has 140 valence electrons. The third-order valence-corrected chi connectivity index (χ3v) is 6.88. The van der Waals surface area contributed by atoms with Crippen LogP contribution in [0.5, 0.6) is 5.75 Å². The summed E-state index contributed by atoms with van der Waals surface area (Å²) >= 11 is 7.29. The first-order valence-corrected chi connectivity index (χ1v) is 10.7. The van der Waals surface area contributed by atoms with Gasteiger partial charge in [0.05, 0.1) is 27.6 Å². The monoisotopic (exact) mass is 422 g/mol. The summed E-state index contributed by atoms with van der Waals surface area (Å²) in [5.74, 6) is -0.817. The van der Waals surface area contributed by atoms with Gasteiger partial charge in [-0.05, 0) is 24.3 Å². The number of rotatable bonds is 5. The summed E-state index contributed by atoms with van der Waals surface area (Å²) in [5, 5.41) is 13.6. The van der Waals surface area contributed by atoms with E-state index in [2.05, 4.69) is 10.3 Å². The molecule has 0 unspecified atom stereocenters. The summed E-state index contributed by atoms with van der Waals surface area (Å²) in [6.07, 6.45) is 1.41. The summed E-state index contributed by atoms with van der Waals surface area (Å²) in [5.41, 5.74) is 0.726. The molecule has 2 N–H and O–H groups in total. The molecule has 3 rings (SSSR count). The number of aromatic hydroxyl groups is 1. The zero-order valence-electron chi connectivity index (χ0n) is 14.1. The van der Waals surface area contributed by atoms with E-state index in [9.17, 15) is 18.3 Å². The molecule has 0 bridgehead atoms. The van der Waals surface area contributed by atoms with E-state index in [0.29, 0.717) is 20.5 Å². The minimum absolute atomic E-state index is 0.0159. The normalized spacial score (nSPS) is 11.3. The van der Waals surface area contributed by atoms with Crippen LogP contribution in [-0.4, -0.2) is 30.2 Å². The number of benzene rings is 2. The van der Waals surface area contributed by atoms with Crippen LogP contribution < -0.4 is 5.32 Å². The van der Waals surface area contributed by atoms with Gasteiger partial charge in [-0.1, -0.05) is 36.7 Å². The van der Waals surface area contributed by atoms with Gasteiger partial charge in [-0.15, -0.1) is 11.3 Å². The second kappa shape index (κ2) is 7.67. The van der Waals surface area contributed by atoms with Gasteiger partial charge in [0.15, 0.2) is 9.84 Å². The van der Waals surface area contributed by atoms with Gasteiger partial charge in [0.1, 0.15) is 15.6 Å². The first-order chi connectivity index (χ1) is 12.8. The van der Waals surface area contributed by atoms with Gasteiger partial charge in [0.25, 0.3) is 5.91 Å². The van der Waals surface area contributed by atoms with Gasteiger partial charge < -0.3 is 10.4 Å². The first-order valence-electron chi connectivity index (χ1n) is 7.89. The molecule has 1 heterocycles. The lowest BCUT2D eigenvalue weighted by molar-refractivity contribution is 0.103. The Morgan fingerprint density at radius 3 is 2.70 bits per heavy atom. The highest BCUT2D eigenvalue weighted by atomic mass is 35.5. The van der Waals surface area contributed by atoms with E-state index >= 15 is 0 Å². The standard InChI is InChI=1S/C18H15ClN2O4S2/c1-2-27(24,25)11-7-8-15(22)14(9-11)21-17(23)16-10-20-18(26-16)12-5-3-4-6-13(12)19/h3-10,22H,2H2,1H3,(H,21,23). The molecule has 0 spiro atoms. The SMILES string of the molecule is CCS(=O)(=O)c1ccc(O)c(NC(=O)c2cnc(-c3ccccc3Cl)s2)c1. The molecule has 9 heteroatoms. The van der Waals surface area contributed by atoms with Crippen LogP contribution in [0.4, 0.5) is 5.69 Å². The van der Waals surface area contributed by atoms with Crippen LogP contribution in [0.15, 0.2) is 53.6 Å². The highest BCUT2D eigenvalue weighted by Gasteiger charge is 2.18. The van der Waals surface area contributed by atoms with E-state index in [1.807, 2.05) is 6.07 Å². The number of carbonyl (C=O) groups is 1. The Balaban J connectivity index is 1.87. The number of amides is 1. The van der Waals surface area contributed by atoms with Crippen LogP contribution in [0.2, 0.25) is 5.02 Å². The number of carbonyl (C=O) groups excluding carboxylic acids is 1. The maximum atomic E-state index is 12.5. The van der Waals surface area contributed by atoms with Crippen molar-refractivity contribution in [2.45, 2.75) is 11.8 Å². The minimum atomic E-state index is -3.46. The number of hydrogen-bond acceptors (Lipinski definition) is 6. The fraction of sp³-hybridized carbons (Fsp3) is 0.111. The Kier molecular flexibility index (Phi) is 5.50. The van der Waals surface area contributed by atoms with Crippen LogP contribution in [0.25, 0.3) is 10.6 Å². The van der Waals surface area contributed by atoms with Crippen LogP contribution >= 0.6 is 22.9 Å². The third-order valence-electron chi connectivity index (χ3n) is 3.79. The molecule has 0 atom stereocenters. The van der Waals surface area contributed by atoms with Gasteiger partial charge >= 0.3 is 0 Å². The molecule has 1 amide bonds. The molecule has 3 aromatic rings. The molecular weight excluding hydrogens is 408 g/mol. The number of hydrogen-bond donors (Lipinski definition) is 2. The lowest BCUT2D eigenvalue weighted by atomic mass is 10.2. The molecule has 0 fully saturated rings. The minimum Gasteiger partial charge on any atom is -0.506 e. The molecule has 6 nitrogen and oxygen atoms in total. The topological polar surface area (TPSA) is 96.4 Å². The van der Waals surface area contributed by atoms with Crippen molar-refractivity contribution >= 4 is 44.4 Å². The van der Waals surface area contributed by atoms with Crippen LogP contribution in [0.3, 0.4) is 0 Å². The molecule has 1 aromatic heterocycles. The molecule has 27 heavy (non-hydrogen) atoms. The van der Waals surface area contributed by atoms with Crippen molar-refractivity contribution in [3.8, 4) is 16.3 Å². The predicted octanol–water partition coefficient (Wildman–Crippen LogP) is 4.22. The second-order valence-electron chi connectivity index (χ2n) is 5.55. The van der Waals surface area contributed by atoms with Crippen LogP contribution in [0, 0.1) is 0 Å². The smallest absolute Gasteiger partial charge is 0.267 e. The van der Waals surface area contributed by atoms with E-state index < -0.39 is 15.7 Å². The largest absolute Gasteiger partial charge is 0.506 e. The van der Waals surface area contributed by atoms with Gasteiger partial charge in [0, 0.05) is 5.56 Å². The Hall–Kier alpha value is -2.42. The van der Waals surface area contributed by atoms with Gasteiger partial charge in [-0.3, -0.25) is 4.79 Å². The highest BCUT2D eigenvalue weighted by molar-refractivity contribution is 7.91. The van der Waals surface area contributed by atoms with E-state index in [4.69, 9.17) is 11.6 Å². The van der Waals surface area contributed by atoms with Gasteiger partial charge in [-0.25, -0.2) is 13.4 Å². The summed E-state index contributed by atoms with van der Waals surface area (Å²) in [7, 11) is -3.46. The number of nitrogens with one attached hydrogen (secondary N) is 1. The number of sulfone groups is 1. The number of anilines is 1. The van der Waals surface area contributed by atoms with Crippen molar-refractivity contribution in [3.05, 3.63) is 58.6 Å². The second-order valence-corrected chi connectivity index (χ2v) is 9.26. The average Bonchev–Trinajstić information content (AvgIpc) is 3.13. The number of phenols is 1. The van der Waals surface area contributed by atoms with E-state index in [1.54, 1.807) is 18.2 Å². The highest BCUT2D eigenvalue weighted by Crippen LogP contribution is 2.32. The summed E-state index contributed by atoms with van der Waals surface area (Å²) in [6, 6.07) is 10.9. The molecule has 0 saturated carbocycles. The number of halogens is 1. The fourth-order valence-corrected chi connectivity index (χ4v) is 4.34. The van der Waals surface area contributed by atoms with Crippen LogP contribution in [-0.2, 0) is 9.84 Å². The zero-order chi connectivity index (χ0) is 19.6. The molecule has 0 aliphatic carbocycles. The number of nitrogens with zero attached hydrogens (tertiary/aromatic N) is 1. The van der Waals surface area contributed by atoms with Crippen molar-refractivity contribution in [1.29, 1.82) is 0 Å². The Morgan fingerprint density at radius 1 is 1.26 bits per heavy atom. The maximum absolute atomic E-state index is 12.5. The van der Waals surface area contributed by atoms with Crippen molar-refractivity contribution in [1.82, 2.24) is 4.98 Å². The van der Waals surface area contributed by atoms with Crippen LogP contribution in [0.1, 0.15) is 16.6 Å². The number of phenolic OH excluding ortho intramolecular Hbond substituents is 1. The molecule has 0 aliphatic rings.